The van der Waals surface area contributed by atoms with Crippen molar-refractivity contribution in [2.45, 2.75) is 88.2 Å². The molecule has 1 spiro atoms. The van der Waals surface area contributed by atoms with E-state index in [1.54, 1.807) is 0 Å². The van der Waals surface area contributed by atoms with Crippen LogP contribution >= 0.6 is 0 Å². The second-order valence-electron chi connectivity index (χ2n) is 12.0. The number of fused-ring (bicyclic) bond motifs is 1. The standard InChI is InChI=1S/C32H44N2O/c1-4-11-26(12-5-1)13-10-14-27-17-21-33(22-18-27)24-29-25-34-30(31(29)28-15-6-2-7-16-28)23-32(35-34)19-8-3-9-20-32/h1-2,4-7,11-12,15-16,27,29-31H,3,8-10,13-14,17-25H2/t29-,30-,31+/m0/s1. The van der Waals surface area contributed by atoms with E-state index in [1.807, 2.05) is 0 Å². The first kappa shape index (κ1) is 23.7. The number of rotatable bonds is 7. The van der Waals surface area contributed by atoms with Crippen LogP contribution < -0.4 is 0 Å². The first-order chi connectivity index (χ1) is 17.3. The molecule has 6 rings (SSSR count). The first-order valence-corrected chi connectivity index (χ1v) is 14.6. The molecule has 0 aromatic heterocycles. The molecule has 4 fully saturated rings. The Morgan fingerprint density at radius 1 is 0.857 bits per heavy atom. The third kappa shape index (κ3) is 5.38. The molecule has 3 saturated heterocycles. The van der Waals surface area contributed by atoms with E-state index >= 15 is 0 Å². The van der Waals surface area contributed by atoms with Gasteiger partial charge in [0.2, 0.25) is 0 Å². The highest BCUT2D eigenvalue weighted by atomic mass is 16.7. The Labute approximate surface area is 212 Å². The van der Waals surface area contributed by atoms with Crippen molar-refractivity contribution in [3.8, 4) is 0 Å². The molecule has 1 saturated carbocycles. The highest BCUT2D eigenvalue weighted by Crippen LogP contribution is 2.51. The molecule has 35 heavy (non-hydrogen) atoms. The van der Waals surface area contributed by atoms with Gasteiger partial charge in [0.05, 0.1) is 5.60 Å². The highest BCUT2D eigenvalue weighted by molar-refractivity contribution is 5.25. The third-order valence-electron chi connectivity index (χ3n) is 9.67. The lowest BCUT2D eigenvalue weighted by atomic mass is 9.75. The second kappa shape index (κ2) is 10.7. The fourth-order valence-electron chi connectivity index (χ4n) is 7.84. The smallest absolute Gasteiger partial charge is 0.0915 e. The molecule has 3 heteroatoms. The molecule has 0 bridgehead atoms. The second-order valence-corrected chi connectivity index (χ2v) is 12.0. The first-order valence-electron chi connectivity index (χ1n) is 14.6. The number of nitrogens with zero attached hydrogens (tertiary/aromatic N) is 2. The van der Waals surface area contributed by atoms with Gasteiger partial charge in [-0.25, -0.2) is 0 Å². The minimum Gasteiger partial charge on any atom is -0.303 e. The number of likely N-dealkylation sites (tertiary alicyclic amines) is 1. The molecule has 3 heterocycles. The summed E-state index contributed by atoms with van der Waals surface area (Å²) in [5, 5.41) is 2.45. The number of hydrogen-bond acceptors (Lipinski definition) is 3. The summed E-state index contributed by atoms with van der Waals surface area (Å²) in [6.45, 7) is 4.91. The molecule has 3 atom stereocenters. The molecule has 3 aliphatic heterocycles. The minimum atomic E-state index is 0.152. The summed E-state index contributed by atoms with van der Waals surface area (Å²) in [6, 6.07) is 23.0. The van der Waals surface area contributed by atoms with Crippen LogP contribution in [-0.4, -0.2) is 47.8 Å². The quantitative estimate of drug-likeness (QED) is 0.438. The van der Waals surface area contributed by atoms with E-state index in [2.05, 4.69) is 70.6 Å². The van der Waals surface area contributed by atoms with Crippen molar-refractivity contribution in [1.29, 1.82) is 0 Å². The van der Waals surface area contributed by atoms with Gasteiger partial charge in [-0.2, -0.15) is 5.06 Å². The van der Waals surface area contributed by atoms with Gasteiger partial charge in [-0.15, -0.1) is 0 Å². The Morgan fingerprint density at radius 3 is 2.31 bits per heavy atom. The summed E-state index contributed by atoms with van der Waals surface area (Å²) in [7, 11) is 0. The molecular weight excluding hydrogens is 428 g/mol. The van der Waals surface area contributed by atoms with Crippen LogP contribution in [0, 0.1) is 11.8 Å². The van der Waals surface area contributed by atoms with Crippen LogP contribution in [-0.2, 0) is 11.3 Å². The number of benzene rings is 2. The van der Waals surface area contributed by atoms with Crippen LogP contribution in [0.3, 0.4) is 0 Å². The zero-order valence-corrected chi connectivity index (χ0v) is 21.5. The van der Waals surface area contributed by atoms with Crippen molar-refractivity contribution in [2.24, 2.45) is 11.8 Å². The lowest BCUT2D eigenvalue weighted by molar-refractivity contribution is -0.206. The lowest BCUT2D eigenvalue weighted by Crippen LogP contribution is -2.40. The fourth-order valence-corrected chi connectivity index (χ4v) is 7.84. The van der Waals surface area contributed by atoms with E-state index in [9.17, 15) is 0 Å². The number of piperidine rings is 1. The van der Waals surface area contributed by atoms with Crippen LogP contribution in [0.15, 0.2) is 60.7 Å². The van der Waals surface area contributed by atoms with Crippen LogP contribution in [0.1, 0.15) is 81.3 Å². The van der Waals surface area contributed by atoms with Crippen LogP contribution in [0.2, 0.25) is 0 Å². The molecule has 0 N–H and O–H groups in total. The van der Waals surface area contributed by atoms with Gasteiger partial charge >= 0.3 is 0 Å². The summed E-state index contributed by atoms with van der Waals surface area (Å²) in [6.07, 6.45) is 14.6. The van der Waals surface area contributed by atoms with E-state index in [4.69, 9.17) is 4.84 Å². The maximum Gasteiger partial charge on any atom is 0.0915 e. The normalized spacial score (nSPS) is 29.5. The molecule has 0 unspecified atom stereocenters. The Balaban J connectivity index is 1.04. The van der Waals surface area contributed by atoms with Crippen LogP contribution in [0.4, 0.5) is 0 Å². The van der Waals surface area contributed by atoms with Crippen molar-refractivity contribution in [2.75, 3.05) is 26.2 Å². The molecule has 2 aromatic carbocycles. The molecule has 188 valence electrons. The summed E-state index contributed by atoms with van der Waals surface area (Å²) < 4.78 is 0. The SMILES string of the molecule is c1ccc(CCCC2CCN(C[C@H]3CN4OC5(CCCCC5)C[C@H]4[C@@H]3c3ccccc3)CC2)cc1. The van der Waals surface area contributed by atoms with Crippen LogP contribution in [0.25, 0.3) is 0 Å². The summed E-state index contributed by atoms with van der Waals surface area (Å²) in [5.74, 6) is 2.21. The van der Waals surface area contributed by atoms with Crippen molar-refractivity contribution in [3.05, 3.63) is 71.8 Å². The predicted molar refractivity (Wildman–Crippen MR) is 143 cm³/mol. The Morgan fingerprint density at radius 2 is 1.57 bits per heavy atom. The van der Waals surface area contributed by atoms with Gasteiger partial charge in [-0.05, 0) is 81.0 Å². The molecule has 3 nitrogen and oxygen atoms in total. The molecular formula is C32H44N2O. The maximum atomic E-state index is 6.80. The topological polar surface area (TPSA) is 15.7 Å². The van der Waals surface area contributed by atoms with Crippen molar-refractivity contribution >= 4 is 0 Å². The lowest BCUT2D eigenvalue weighted by Gasteiger charge is -2.37. The minimum absolute atomic E-state index is 0.152. The average molecular weight is 473 g/mol. The van der Waals surface area contributed by atoms with Gasteiger partial charge in [0.25, 0.3) is 0 Å². The van der Waals surface area contributed by atoms with Gasteiger partial charge in [0.15, 0.2) is 0 Å². The van der Waals surface area contributed by atoms with Gasteiger partial charge < -0.3 is 4.90 Å². The summed E-state index contributed by atoms with van der Waals surface area (Å²) in [5.41, 5.74) is 3.19. The number of aryl methyl sites for hydroxylation is 1. The summed E-state index contributed by atoms with van der Waals surface area (Å²) in [4.78, 5) is 9.58. The predicted octanol–water partition coefficient (Wildman–Crippen LogP) is 6.84. The van der Waals surface area contributed by atoms with Gasteiger partial charge in [0, 0.05) is 25.0 Å². The number of hydroxylamine groups is 2. The van der Waals surface area contributed by atoms with Crippen molar-refractivity contribution in [3.63, 3.8) is 0 Å². The van der Waals surface area contributed by atoms with E-state index in [1.165, 1.54) is 101 Å². The van der Waals surface area contributed by atoms with Crippen LogP contribution in [0.5, 0.6) is 0 Å². The number of hydrogen-bond donors (Lipinski definition) is 0. The van der Waals surface area contributed by atoms with E-state index < -0.39 is 0 Å². The molecule has 0 radical (unpaired) electrons. The Kier molecular flexibility index (Phi) is 7.28. The molecule has 4 aliphatic rings. The molecule has 1 aliphatic carbocycles. The van der Waals surface area contributed by atoms with E-state index in [-0.39, 0.29) is 5.60 Å². The van der Waals surface area contributed by atoms with Crippen molar-refractivity contribution < 1.29 is 4.84 Å². The zero-order valence-electron chi connectivity index (χ0n) is 21.5. The van der Waals surface area contributed by atoms with Gasteiger partial charge in [-0.1, -0.05) is 86.3 Å². The summed E-state index contributed by atoms with van der Waals surface area (Å²) >= 11 is 0. The largest absolute Gasteiger partial charge is 0.303 e. The van der Waals surface area contributed by atoms with Crippen molar-refractivity contribution in [1.82, 2.24) is 9.96 Å². The van der Waals surface area contributed by atoms with Gasteiger partial charge in [-0.3, -0.25) is 4.84 Å². The molecule has 0 amide bonds. The molecule has 2 aromatic rings. The zero-order chi connectivity index (χ0) is 23.5. The monoisotopic (exact) mass is 472 g/mol. The van der Waals surface area contributed by atoms with E-state index in [0.717, 1.165) is 12.5 Å². The maximum absolute atomic E-state index is 6.80. The third-order valence-corrected chi connectivity index (χ3v) is 9.67. The fraction of sp³-hybridized carbons (Fsp3) is 0.625. The Bertz CT molecular complexity index is 917. The van der Waals surface area contributed by atoms with E-state index in [0.29, 0.717) is 17.9 Å². The van der Waals surface area contributed by atoms with Gasteiger partial charge in [0.1, 0.15) is 0 Å². The average Bonchev–Trinajstić information content (AvgIpc) is 3.39. The Hall–Kier alpha value is -1.68. The highest BCUT2D eigenvalue weighted by Gasteiger charge is 2.54.